The molecular weight excluding hydrogens is 154 g/mol. The fraction of sp³-hybridized carbons (Fsp3) is 0.111. The lowest BCUT2D eigenvalue weighted by molar-refractivity contribution is -0.130. The van der Waals surface area contributed by atoms with Crippen molar-refractivity contribution < 1.29 is 9.90 Å². The van der Waals surface area contributed by atoms with E-state index >= 15 is 0 Å². The van der Waals surface area contributed by atoms with Gasteiger partial charge in [-0.25, -0.2) is 4.79 Å². The Morgan fingerprint density at radius 3 is 3.00 bits per heavy atom. The summed E-state index contributed by atoms with van der Waals surface area (Å²) in [7, 11) is 0. The minimum absolute atomic E-state index is 0.671. The lowest BCUT2D eigenvalue weighted by atomic mass is 10.2. The Kier molecular flexibility index (Phi) is 2.44. The van der Waals surface area contributed by atoms with Crippen molar-refractivity contribution in [2.45, 2.75) is 6.92 Å². The molecule has 0 unspecified atom stereocenters. The molecule has 0 amide bonds. The van der Waals surface area contributed by atoms with E-state index in [-0.39, 0.29) is 0 Å². The normalized spacial score (nSPS) is 8.42. The second kappa shape index (κ2) is 3.54. The van der Waals surface area contributed by atoms with Crippen LogP contribution in [0.1, 0.15) is 11.3 Å². The average Bonchev–Trinajstić information content (AvgIpc) is 2.01. The molecule has 3 nitrogen and oxygen atoms in total. The highest BCUT2D eigenvalue weighted by atomic mass is 16.4. The van der Waals surface area contributed by atoms with Gasteiger partial charge >= 0.3 is 5.97 Å². The Morgan fingerprint density at radius 1 is 1.67 bits per heavy atom. The van der Waals surface area contributed by atoms with Crippen molar-refractivity contribution in [3.8, 4) is 11.8 Å². The predicted octanol–water partition coefficient (Wildman–Crippen LogP) is 0.826. The summed E-state index contributed by atoms with van der Waals surface area (Å²) in [5.41, 5.74) is 1.50. The summed E-state index contributed by atoms with van der Waals surface area (Å²) >= 11 is 0. The number of aryl methyl sites for hydroxylation is 1. The molecule has 0 radical (unpaired) electrons. The lowest BCUT2D eigenvalue weighted by Gasteiger charge is -1.90. The van der Waals surface area contributed by atoms with Crippen LogP contribution in [-0.4, -0.2) is 16.1 Å². The summed E-state index contributed by atoms with van der Waals surface area (Å²) in [6, 6.07) is 3.40. The first-order valence-electron chi connectivity index (χ1n) is 3.36. The molecule has 1 rings (SSSR count). The second-order valence-electron chi connectivity index (χ2n) is 2.24. The molecule has 60 valence electrons. The number of aliphatic carboxylic acids is 1. The molecule has 1 aromatic rings. The predicted molar refractivity (Wildman–Crippen MR) is 43.5 cm³/mol. The number of aromatic nitrogens is 1. The van der Waals surface area contributed by atoms with Crippen LogP contribution in [0, 0.1) is 18.8 Å². The number of nitrogens with zero attached hydrogens (tertiary/aromatic N) is 1. The van der Waals surface area contributed by atoms with Gasteiger partial charge in [0, 0.05) is 23.4 Å². The third-order valence-electron chi connectivity index (χ3n) is 1.21. The van der Waals surface area contributed by atoms with Crippen LogP contribution in [0.5, 0.6) is 0 Å². The number of carboxylic acid groups (broad SMARTS) is 1. The van der Waals surface area contributed by atoms with E-state index in [1.165, 1.54) is 0 Å². The molecule has 0 aliphatic heterocycles. The maximum absolute atomic E-state index is 10.1. The van der Waals surface area contributed by atoms with E-state index in [1.54, 1.807) is 18.3 Å². The molecule has 0 atom stereocenters. The molecule has 1 heterocycles. The first-order valence-corrected chi connectivity index (χ1v) is 3.36. The number of pyridine rings is 1. The van der Waals surface area contributed by atoms with Crippen LogP contribution in [0.25, 0.3) is 0 Å². The van der Waals surface area contributed by atoms with Crippen LogP contribution >= 0.6 is 0 Å². The summed E-state index contributed by atoms with van der Waals surface area (Å²) < 4.78 is 0. The molecule has 0 aliphatic rings. The van der Waals surface area contributed by atoms with Gasteiger partial charge in [0.25, 0.3) is 0 Å². The van der Waals surface area contributed by atoms with Crippen molar-refractivity contribution in [2.24, 2.45) is 0 Å². The zero-order valence-electron chi connectivity index (χ0n) is 6.53. The summed E-state index contributed by atoms with van der Waals surface area (Å²) in [6.07, 6.45) is 1.60. The van der Waals surface area contributed by atoms with Gasteiger partial charge in [-0.15, -0.1) is 0 Å². The molecular formula is C9H7NO2. The van der Waals surface area contributed by atoms with Crippen molar-refractivity contribution in [3.05, 3.63) is 29.6 Å². The van der Waals surface area contributed by atoms with Crippen molar-refractivity contribution in [1.29, 1.82) is 0 Å². The molecule has 0 bridgehead atoms. The molecule has 0 aromatic carbocycles. The summed E-state index contributed by atoms with van der Waals surface area (Å²) in [5.74, 6) is 3.40. The first kappa shape index (κ1) is 8.28. The van der Waals surface area contributed by atoms with E-state index in [9.17, 15) is 4.79 Å². The molecule has 0 spiro atoms. The summed E-state index contributed by atoms with van der Waals surface area (Å²) in [5, 5.41) is 8.25. The Labute approximate surface area is 70.1 Å². The van der Waals surface area contributed by atoms with Gasteiger partial charge in [-0.2, -0.15) is 0 Å². The van der Waals surface area contributed by atoms with Crippen LogP contribution in [-0.2, 0) is 4.79 Å². The van der Waals surface area contributed by atoms with Gasteiger partial charge in [-0.1, -0.05) is 5.92 Å². The van der Waals surface area contributed by atoms with Crippen LogP contribution in [0.15, 0.2) is 18.3 Å². The Morgan fingerprint density at radius 2 is 2.42 bits per heavy atom. The van der Waals surface area contributed by atoms with Crippen LogP contribution in [0.4, 0.5) is 0 Å². The van der Waals surface area contributed by atoms with Gasteiger partial charge < -0.3 is 5.11 Å². The highest BCUT2D eigenvalue weighted by Gasteiger charge is 1.89. The molecule has 12 heavy (non-hydrogen) atoms. The minimum atomic E-state index is -1.12. The number of hydrogen-bond acceptors (Lipinski definition) is 2. The minimum Gasteiger partial charge on any atom is -0.472 e. The fourth-order valence-electron chi connectivity index (χ4n) is 0.749. The first-order chi connectivity index (χ1) is 5.68. The van der Waals surface area contributed by atoms with Crippen molar-refractivity contribution in [1.82, 2.24) is 4.98 Å². The van der Waals surface area contributed by atoms with Crippen LogP contribution in [0.3, 0.4) is 0 Å². The number of hydrogen-bond donors (Lipinski definition) is 1. The quantitative estimate of drug-likeness (QED) is 0.573. The summed E-state index contributed by atoms with van der Waals surface area (Å²) in [4.78, 5) is 14.0. The standard InChI is InChI=1S/C9H7NO2/c1-7-6-8(4-5-10-7)2-3-9(11)12/h4-6H,1H3,(H,11,12). The third kappa shape index (κ3) is 2.43. The van der Waals surface area contributed by atoms with Crippen molar-refractivity contribution in [2.75, 3.05) is 0 Å². The SMILES string of the molecule is Cc1cc(C#CC(=O)O)ccn1. The van der Waals surface area contributed by atoms with Crippen LogP contribution in [0.2, 0.25) is 0 Å². The molecule has 0 aliphatic carbocycles. The fourth-order valence-corrected chi connectivity index (χ4v) is 0.749. The smallest absolute Gasteiger partial charge is 0.382 e. The molecule has 3 heteroatoms. The van der Waals surface area contributed by atoms with Gasteiger partial charge in [0.2, 0.25) is 0 Å². The molecule has 1 N–H and O–H groups in total. The number of rotatable bonds is 0. The van der Waals surface area contributed by atoms with Crippen LogP contribution < -0.4 is 0 Å². The largest absolute Gasteiger partial charge is 0.472 e. The van der Waals surface area contributed by atoms with Gasteiger partial charge in [0.15, 0.2) is 0 Å². The molecule has 0 saturated heterocycles. The maximum atomic E-state index is 10.1. The van der Waals surface area contributed by atoms with Crippen molar-refractivity contribution in [3.63, 3.8) is 0 Å². The van der Waals surface area contributed by atoms with E-state index in [4.69, 9.17) is 5.11 Å². The van der Waals surface area contributed by atoms with E-state index in [2.05, 4.69) is 10.9 Å². The van der Waals surface area contributed by atoms with E-state index < -0.39 is 5.97 Å². The highest BCUT2D eigenvalue weighted by Crippen LogP contribution is 1.97. The van der Waals surface area contributed by atoms with E-state index in [0.717, 1.165) is 5.69 Å². The zero-order valence-corrected chi connectivity index (χ0v) is 6.53. The molecule has 0 fully saturated rings. The lowest BCUT2D eigenvalue weighted by Crippen LogP contribution is -1.88. The third-order valence-corrected chi connectivity index (χ3v) is 1.21. The molecule has 0 saturated carbocycles. The topological polar surface area (TPSA) is 50.2 Å². The monoisotopic (exact) mass is 161 g/mol. The Hall–Kier alpha value is -1.82. The van der Waals surface area contributed by atoms with Crippen molar-refractivity contribution >= 4 is 5.97 Å². The Bertz CT molecular complexity index is 360. The van der Waals surface area contributed by atoms with E-state index in [1.807, 2.05) is 12.8 Å². The zero-order chi connectivity index (χ0) is 8.97. The highest BCUT2D eigenvalue weighted by molar-refractivity contribution is 5.87. The van der Waals surface area contributed by atoms with Gasteiger partial charge in [0.05, 0.1) is 0 Å². The van der Waals surface area contributed by atoms with Gasteiger partial charge in [0.1, 0.15) is 0 Å². The average molecular weight is 161 g/mol. The van der Waals surface area contributed by atoms with Gasteiger partial charge in [-0.3, -0.25) is 4.98 Å². The van der Waals surface area contributed by atoms with Gasteiger partial charge in [-0.05, 0) is 19.1 Å². The van der Waals surface area contributed by atoms with E-state index in [0.29, 0.717) is 5.56 Å². The maximum Gasteiger partial charge on any atom is 0.382 e. The second-order valence-corrected chi connectivity index (χ2v) is 2.24. The molecule has 1 aromatic heterocycles. The Balaban J connectivity index is 2.92. The number of carboxylic acids is 1. The summed E-state index contributed by atoms with van der Waals surface area (Å²) in [6.45, 7) is 1.83. The number of carbonyl (C=O) groups is 1.